The van der Waals surface area contributed by atoms with Gasteiger partial charge in [0.2, 0.25) is 0 Å². The second-order valence-corrected chi connectivity index (χ2v) is 6.26. The first kappa shape index (κ1) is 18.2. The number of para-hydroxylation sites is 1. The van der Waals surface area contributed by atoms with Crippen LogP contribution in [0.3, 0.4) is 0 Å². The van der Waals surface area contributed by atoms with Crippen molar-refractivity contribution in [1.29, 1.82) is 0 Å². The monoisotopic (exact) mass is 386 g/mol. The fraction of sp³-hybridized carbons (Fsp3) is 0.105. The van der Waals surface area contributed by atoms with Gasteiger partial charge in [0, 0.05) is 17.3 Å². The van der Waals surface area contributed by atoms with Gasteiger partial charge in [0.15, 0.2) is 0 Å². The average Bonchev–Trinajstić information content (AvgIpc) is 2.66. The number of anilines is 3. The fourth-order valence-electron chi connectivity index (χ4n) is 2.42. The smallest absolute Gasteiger partial charge is 0.278 e. The lowest BCUT2D eigenvalue weighted by atomic mass is 10.2. The summed E-state index contributed by atoms with van der Waals surface area (Å²) >= 11 is 12.0. The van der Waals surface area contributed by atoms with Crippen LogP contribution in [-0.4, -0.2) is 22.4 Å². The minimum absolute atomic E-state index is 0.206. The number of nitrogens with one attached hydrogen (secondary N) is 1. The van der Waals surface area contributed by atoms with E-state index >= 15 is 0 Å². The summed E-state index contributed by atoms with van der Waals surface area (Å²) in [6.07, 6.45) is 2.94. The Bertz CT molecular complexity index is 901. The van der Waals surface area contributed by atoms with Crippen molar-refractivity contribution in [3.63, 3.8) is 0 Å². The van der Waals surface area contributed by atoms with E-state index in [1.165, 1.54) is 12.4 Å². The molecule has 0 saturated heterocycles. The predicted octanol–water partition coefficient (Wildman–Crippen LogP) is 5.19. The van der Waals surface area contributed by atoms with E-state index in [2.05, 4.69) is 15.3 Å². The van der Waals surface area contributed by atoms with Crippen molar-refractivity contribution in [2.45, 2.75) is 6.92 Å². The fourth-order valence-corrected chi connectivity index (χ4v) is 2.88. The summed E-state index contributed by atoms with van der Waals surface area (Å²) in [7, 11) is 0. The Morgan fingerprint density at radius 3 is 2.46 bits per heavy atom. The highest BCUT2D eigenvalue weighted by molar-refractivity contribution is 6.36. The van der Waals surface area contributed by atoms with E-state index in [0.29, 0.717) is 28.1 Å². The molecule has 26 heavy (non-hydrogen) atoms. The van der Waals surface area contributed by atoms with E-state index < -0.39 is 0 Å². The molecule has 0 saturated carbocycles. The Hall–Kier alpha value is -2.63. The maximum absolute atomic E-state index is 12.7. The van der Waals surface area contributed by atoms with Crippen molar-refractivity contribution >= 4 is 46.3 Å². The molecule has 1 aromatic heterocycles. The van der Waals surface area contributed by atoms with Crippen LogP contribution in [0.15, 0.2) is 60.9 Å². The molecule has 0 aliphatic carbocycles. The molecule has 0 aliphatic rings. The molecule has 3 aromatic rings. The van der Waals surface area contributed by atoms with Crippen LogP contribution < -0.4 is 10.2 Å². The zero-order valence-corrected chi connectivity index (χ0v) is 15.5. The molecular weight excluding hydrogens is 371 g/mol. The molecule has 0 aliphatic heterocycles. The van der Waals surface area contributed by atoms with Crippen molar-refractivity contribution in [1.82, 2.24) is 9.97 Å². The number of nitrogens with zero attached hydrogens (tertiary/aromatic N) is 3. The van der Waals surface area contributed by atoms with Gasteiger partial charge in [0.05, 0.1) is 23.1 Å². The van der Waals surface area contributed by atoms with Crippen molar-refractivity contribution in [3.8, 4) is 0 Å². The maximum atomic E-state index is 12.7. The van der Waals surface area contributed by atoms with Gasteiger partial charge >= 0.3 is 0 Å². The third-order valence-electron chi connectivity index (χ3n) is 3.69. The molecule has 0 atom stereocenters. The Morgan fingerprint density at radius 1 is 1.08 bits per heavy atom. The van der Waals surface area contributed by atoms with Crippen LogP contribution in [0.25, 0.3) is 0 Å². The number of hydrogen-bond donors (Lipinski definition) is 1. The number of aromatic nitrogens is 2. The van der Waals surface area contributed by atoms with Gasteiger partial charge < -0.3 is 10.2 Å². The Kier molecular flexibility index (Phi) is 5.71. The van der Waals surface area contributed by atoms with E-state index in [-0.39, 0.29) is 11.6 Å². The summed E-state index contributed by atoms with van der Waals surface area (Å²) < 4.78 is 0. The first-order valence-electron chi connectivity index (χ1n) is 7.99. The number of halogens is 2. The van der Waals surface area contributed by atoms with Gasteiger partial charge in [-0.2, -0.15) is 0 Å². The molecule has 2 aromatic carbocycles. The lowest BCUT2D eigenvalue weighted by Crippen LogP contribution is -2.31. The highest BCUT2D eigenvalue weighted by Gasteiger charge is 2.17. The molecular formula is C19H16Cl2N4O. The molecule has 7 heteroatoms. The number of amides is 1. The molecule has 1 heterocycles. The van der Waals surface area contributed by atoms with E-state index in [4.69, 9.17) is 23.2 Å². The Morgan fingerprint density at radius 2 is 1.85 bits per heavy atom. The van der Waals surface area contributed by atoms with Gasteiger partial charge in [-0.3, -0.25) is 4.79 Å². The summed E-state index contributed by atoms with van der Waals surface area (Å²) in [5.74, 6) is 0.274. The molecule has 0 bridgehead atoms. The van der Waals surface area contributed by atoms with Crippen LogP contribution in [0.1, 0.15) is 17.4 Å². The number of carbonyl (C=O) groups is 1. The summed E-state index contributed by atoms with van der Waals surface area (Å²) in [6.45, 7) is 2.45. The van der Waals surface area contributed by atoms with Crippen LogP contribution in [0.2, 0.25) is 10.0 Å². The summed E-state index contributed by atoms with van der Waals surface area (Å²) in [4.78, 5) is 22.8. The van der Waals surface area contributed by atoms with Crippen LogP contribution >= 0.6 is 23.2 Å². The Balaban J connectivity index is 1.77. The zero-order valence-electron chi connectivity index (χ0n) is 14.0. The van der Waals surface area contributed by atoms with Crippen molar-refractivity contribution < 1.29 is 4.79 Å². The third kappa shape index (κ3) is 4.12. The largest absolute Gasteiger partial charge is 0.338 e. The molecule has 0 unspecified atom stereocenters. The lowest BCUT2D eigenvalue weighted by Gasteiger charge is -2.20. The number of rotatable bonds is 5. The highest BCUT2D eigenvalue weighted by atomic mass is 35.5. The van der Waals surface area contributed by atoms with E-state index in [1.54, 1.807) is 23.1 Å². The van der Waals surface area contributed by atoms with Crippen LogP contribution in [-0.2, 0) is 0 Å². The van der Waals surface area contributed by atoms with Gasteiger partial charge in [-0.05, 0) is 37.3 Å². The van der Waals surface area contributed by atoms with Gasteiger partial charge in [0.25, 0.3) is 5.91 Å². The van der Waals surface area contributed by atoms with Crippen molar-refractivity contribution in [3.05, 3.63) is 76.7 Å². The molecule has 0 fully saturated rings. The minimum atomic E-state index is -0.206. The van der Waals surface area contributed by atoms with E-state index in [1.807, 2.05) is 37.3 Å². The molecule has 0 radical (unpaired) electrons. The molecule has 132 valence electrons. The molecule has 0 spiro atoms. The van der Waals surface area contributed by atoms with Gasteiger partial charge in [-0.25, -0.2) is 9.97 Å². The SMILES string of the molecule is CCN(C(=O)c1cnc(Nc2ccc(Cl)cc2Cl)cn1)c1ccccc1. The van der Waals surface area contributed by atoms with E-state index in [0.717, 1.165) is 5.69 Å². The summed E-state index contributed by atoms with van der Waals surface area (Å²) in [5, 5.41) is 4.07. The molecule has 1 amide bonds. The van der Waals surface area contributed by atoms with Gasteiger partial charge in [0.1, 0.15) is 11.5 Å². The normalized spacial score (nSPS) is 10.4. The number of hydrogen-bond acceptors (Lipinski definition) is 4. The van der Waals surface area contributed by atoms with Crippen LogP contribution in [0, 0.1) is 0 Å². The maximum Gasteiger partial charge on any atom is 0.278 e. The van der Waals surface area contributed by atoms with Gasteiger partial charge in [-0.15, -0.1) is 0 Å². The third-order valence-corrected chi connectivity index (χ3v) is 4.24. The molecule has 1 N–H and O–H groups in total. The standard InChI is InChI=1S/C19H16Cl2N4O/c1-2-25(14-6-4-3-5-7-14)19(26)17-11-23-18(12-22-17)24-16-9-8-13(20)10-15(16)21/h3-12H,2H2,1H3,(H,23,24). The van der Waals surface area contributed by atoms with E-state index in [9.17, 15) is 4.79 Å². The minimum Gasteiger partial charge on any atom is -0.338 e. The highest BCUT2D eigenvalue weighted by Crippen LogP contribution is 2.27. The van der Waals surface area contributed by atoms with Crippen LogP contribution in [0.4, 0.5) is 17.2 Å². The second-order valence-electron chi connectivity index (χ2n) is 5.42. The van der Waals surface area contributed by atoms with Crippen molar-refractivity contribution in [2.75, 3.05) is 16.8 Å². The summed E-state index contributed by atoms with van der Waals surface area (Å²) in [5.41, 5.74) is 1.74. The molecule has 3 rings (SSSR count). The van der Waals surface area contributed by atoms with Crippen molar-refractivity contribution in [2.24, 2.45) is 0 Å². The number of carbonyl (C=O) groups excluding carboxylic acids is 1. The predicted molar refractivity (Wildman–Crippen MR) is 106 cm³/mol. The topological polar surface area (TPSA) is 58.1 Å². The first-order valence-corrected chi connectivity index (χ1v) is 8.75. The second kappa shape index (κ2) is 8.17. The van der Waals surface area contributed by atoms with Gasteiger partial charge in [-0.1, -0.05) is 41.4 Å². The summed E-state index contributed by atoms with van der Waals surface area (Å²) in [6, 6.07) is 14.6. The molecule has 5 nitrogen and oxygen atoms in total. The average molecular weight is 387 g/mol. The zero-order chi connectivity index (χ0) is 18.5. The Labute approximate surface area is 161 Å². The number of benzene rings is 2. The quantitative estimate of drug-likeness (QED) is 0.654. The van der Waals surface area contributed by atoms with Crippen LogP contribution in [0.5, 0.6) is 0 Å². The first-order chi connectivity index (χ1) is 12.6. The lowest BCUT2D eigenvalue weighted by molar-refractivity contribution is 0.0983.